The van der Waals surface area contributed by atoms with E-state index in [0.717, 1.165) is 75.7 Å². The van der Waals surface area contributed by atoms with Crippen LogP contribution in [0.5, 0.6) is 0 Å². The van der Waals surface area contributed by atoms with Gasteiger partial charge in [0.15, 0.2) is 0 Å². The topological polar surface area (TPSA) is 107 Å². The van der Waals surface area contributed by atoms with Gasteiger partial charge in [-0.05, 0) is 179 Å². The van der Waals surface area contributed by atoms with E-state index in [0.29, 0.717) is 18.8 Å². The Bertz CT molecular complexity index is 1350. The molecule has 6 saturated heterocycles. The Kier molecular flexibility index (Phi) is 19.9. The van der Waals surface area contributed by atoms with E-state index >= 15 is 0 Å². The van der Waals surface area contributed by atoms with Crippen molar-refractivity contribution in [2.45, 2.75) is 154 Å². The molecule has 6 fully saturated rings. The third kappa shape index (κ3) is 13.8. The first-order valence-corrected chi connectivity index (χ1v) is 23.6. The van der Waals surface area contributed by atoms with Gasteiger partial charge in [-0.3, -0.25) is 14.5 Å². The zero-order valence-electron chi connectivity index (χ0n) is 39.4. The Morgan fingerprint density at radius 1 is 0.661 bits per heavy atom. The van der Waals surface area contributed by atoms with Crippen LogP contribution < -0.4 is 21.3 Å². The lowest BCUT2D eigenvalue weighted by molar-refractivity contribution is -0.126. The summed E-state index contributed by atoms with van der Waals surface area (Å²) in [6, 6.07) is 13.8. The van der Waals surface area contributed by atoms with Crippen molar-refractivity contribution in [1.82, 2.24) is 40.0 Å². The van der Waals surface area contributed by atoms with Crippen molar-refractivity contribution in [2.24, 2.45) is 5.73 Å². The van der Waals surface area contributed by atoms with Crippen LogP contribution in [-0.4, -0.2) is 182 Å². The van der Waals surface area contributed by atoms with Crippen molar-refractivity contribution in [2.75, 3.05) is 104 Å². The van der Waals surface area contributed by atoms with Crippen molar-refractivity contribution >= 4 is 17.5 Å². The maximum atomic E-state index is 12.4. The molecule has 2 amide bonds. The minimum absolute atomic E-state index is 0.199. The van der Waals surface area contributed by atoms with Gasteiger partial charge in [-0.15, -0.1) is 0 Å². The fourth-order valence-corrected chi connectivity index (χ4v) is 9.94. The molecule has 338 valence electrons. The monoisotopic (exact) mass is 825 g/mol. The summed E-state index contributed by atoms with van der Waals surface area (Å²) in [6.07, 6.45) is 10.5. The fraction of sp³-hybridized carbons (Fsp3) is 0.830. The maximum Gasteiger partial charge on any atom is 0.247 e. The van der Waals surface area contributed by atoms with Gasteiger partial charge in [0.1, 0.15) is 5.54 Å². The summed E-state index contributed by atoms with van der Waals surface area (Å²) in [4.78, 5) is 41.2. The van der Waals surface area contributed by atoms with Gasteiger partial charge in [0, 0.05) is 75.2 Å². The molecule has 59 heavy (non-hydrogen) atoms. The van der Waals surface area contributed by atoms with Gasteiger partial charge in [0.2, 0.25) is 11.8 Å². The molecule has 6 aliphatic heterocycles. The quantitative estimate of drug-likeness (QED) is 0.341. The second-order valence-corrected chi connectivity index (χ2v) is 19.3. The van der Waals surface area contributed by atoms with Crippen LogP contribution >= 0.6 is 0 Å². The summed E-state index contributed by atoms with van der Waals surface area (Å²) in [7, 11) is 4.03. The standard InChI is InChI=1S/C16H23N3O.C12H24N2.C10H21N3O.C9H20N2/c1-13(2)18-10-8-16(9-11-18)15(20)17-12-19(16)14-6-4-3-5-7-14;1-11(2)13-9-5-12(6-10-13)14-7-3-4-8-14;1-8(2)13-6-4-10(12-3,5-7-13)9(11)14;1-9(2)11-6-4-5-10(3)7-8-11/h3-7,13H,8-12H2,1-2H3,(H,17,20);11-12H,3-10H2,1-2H3;8,12H,4-7H2,1-3H3,(H2,11,14);9H,4-8H2,1-3H3. The highest BCUT2D eigenvalue weighted by atomic mass is 16.2. The van der Waals surface area contributed by atoms with E-state index in [4.69, 9.17) is 5.73 Å². The fourth-order valence-electron chi connectivity index (χ4n) is 9.94. The largest absolute Gasteiger partial charge is 0.368 e. The lowest BCUT2D eigenvalue weighted by Crippen LogP contribution is -2.60. The lowest BCUT2D eigenvalue weighted by Gasteiger charge is -2.44. The molecular formula is C47H88N10O2. The number of likely N-dealkylation sites (N-methyl/N-ethyl adjacent to an activating group) is 2. The number of hydrogen-bond acceptors (Lipinski definition) is 10. The van der Waals surface area contributed by atoms with E-state index < -0.39 is 5.54 Å². The number of hydrogen-bond donors (Lipinski definition) is 3. The molecule has 0 atom stereocenters. The van der Waals surface area contributed by atoms with Crippen molar-refractivity contribution in [3.05, 3.63) is 30.3 Å². The second-order valence-electron chi connectivity index (χ2n) is 19.3. The number of anilines is 1. The number of para-hydroxylation sites is 1. The number of nitrogens with zero attached hydrogens (tertiary/aromatic N) is 7. The van der Waals surface area contributed by atoms with Crippen molar-refractivity contribution < 1.29 is 9.59 Å². The van der Waals surface area contributed by atoms with Crippen LogP contribution in [0.3, 0.4) is 0 Å². The van der Waals surface area contributed by atoms with E-state index in [1.165, 1.54) is 84.5 Å². The summed E-state index contributed by atoms with van der Waals surface area (Å²) >= 11 is 0. The predicted octanol–water partition coefficient (Wildman–Crippen LogP) is 4.74. The molecule has 12 heteroatoms. The van der Waals surface area contributed by atoms with Gasteiger partial charge in [0.05, 0.1) is 12.2 Å². The number of nitrogens with two attached hydrogens (primary N) is 1. The molecular weight excluding hydrogens is 737 g/mol. The molecule has 6 aliphatic rings. The summed E-state index contributed by atoms with van der Waals surface area (Å²) < 4.78 is 0. The summed E-state index contributed by atoms with van der Waals surface area (Å²) in [6.45, 7) is 32.9. The Morgan fingerprint density at radius 2 is 1.15 bits per heavy atom. The highest BCUT2D eigenvalue weighted by Gasteiger charge is 2.50. The van der Waals surface area contributed by atoms with E-state index in [2.05, 4.69) is 120 Å². The normalized spacial score (nSPS) is 24.0. The van der Waals surface area contributed by atoms with E-state index in [-0.39, 0.29) is 17.4 Å². The predicted molar refractivity (Wildman–Crippen MR) is 247 cm³/mol. The summed E-state index contributed by atoms with van der Waals surface area (Å²) in [5.74, 6) is -0.0202. The molecule has 1 aromatic carbocycles. The number of likely N-dealkylation sites (tertiary alicyclic amines) is 4. The number of carbonyl (C=O) groups excluding carboxylic acids is 2. The molecule has 0 unspecified atom stereocenters. The molecule has 0 radical (unpaired) electrons. The van der Waals surface area contributed by atoms with Crippen molar-refractivity contribution in [1.29, 1.82) is 0 Å². The number of nitrogens with one attached hydrogen (secondary N) is 2. The van der Waals surface area contributed by atoms with Gasteiger partial charge in [0.25, 0.3) is 0 Å². The Hall–Kier alpha value is -2.32. The molecule has 1 spiro atoms. The number of benzene rings is 1. The van der Waals surface area contributed by atoms with E-state index in [1.54, 1.807) is 0 Å². The number of amides is 2. The first-order valence-electron chi connectivity index (χ1n) is 23.6. The van der Waals surface area contributed by atoms with Crippen molar-refractivity contribution in [3.8, 4) is 0 Å². The van der Waals surface area contributed by atoms with Gasteiger partial charge < -0.3 is 45.8 Å². The van der Waals surface area contributed by atoms with Crippen LogP contribution in [0.2, 0.25) is 0 Å². The van der Waals surface area contributed by atoms with E-state index in [9.17, 15) is 9.59 Å². The minimum atomic E-state index is -0.467. The van der Waals surface area contributed by atoms with Gasteiger partial charge in [-0.1, -0.05) is 18.2 Å². The van der Waals surface area contributed by atoms with Crippen molar-refractivity contribution in [3.63, 3.8) is 0 Å². The van der Waals surface area contributed by atoms with Gasteiger partial charge in [-0.2, -0.15) is 0 Å². The van der Waals surface area contributed by atoms with Crippen LogP contribution in [0.1, 0.15) is 113 Å². The average Bonchev–Trinajstić information content (AvgIpc) is 3.82. The SMILES string of the molecule is CC(C)N1CCC(N2CCCC2)CC1.CC(C)N1CCC2(CC1)C(=O)NCN2c1ccccc1.CC(C)N1CCCN(C)CC1.CNC1(C(N)=O)CCN(C(C)C)CC1. The second kappa shape index (κ2) is 23.8. The Morgan fingerprint density at radius 3 is 1.64 bits per heavy atom. The molecule has 4 N–H and O–H groups in total. The molecule has 0 aliphatic carbocycles. The molecule has 0 saturated carbocycles. The molecule has 0 bridgehead atoms. The summed E-state index contributed by atoms with van der Waals surface area (Å²) in [5.41, 5.74) is 5.75. The molecule has 6 heterocycles. The number of rotatable bonds is 8. The zero-order chi connectivity index (χ0) is 43.2. The lowest BCUT2D eigenvalue weighted by atomic mass is 9.85. The third-order valence-corrected chi connectivity index (χ3v) is 14.5. The minimum Gasteiger partial charge on any atom is -0.368 e. The number of piperidine rings is 3. The highest BCUT2D eigenvalue weighted by molar-refractivity contribution is 5.93. The molecule has 1 aromatic rings. The average molecular weight is 825 g/mol. The Labute approximate surface area is 360 Å². The first kappa shape index (κ1) is 49.3. The van der Waals surface area contributed by atoms with Crippen LogP contribution in [0, 0.1) is 0 Å². The van der Waals surface area contributed by atoms with Gasteiger partial charge >= 0.3 is 0 Å². The Balaban J connectivity index is 0.000000178. The maximum absolute atomic E-state index is 12.4. The smallest absolute Gasteiger partial charge is 0.247 e. The third-order valence-electron chi connectivity index (χ3n) is 14.5. The number of carbonyl (C=O) groups is 2. The molecule has 0 aromatic heterocycles. The van der Waals surface area contributed by atoms with Crippen LogP contribution in [0.15, 0.2) is 30.3 Å². The highest BCUT2D eigenvalue weighted by Crippen LogP contribution is 2.36. The number of primary amides is 1. The van der Waals surface area contributed by atoms with E-state index in [1.807, 2.05) is 25.2 Å². The van der Waals surface area contributed by atoms with Gasteiger partial charge in [-0.25, -0.2) is 0 Å². The van der Waals surface area contributed by atoms with Crippen LogP contribution in [0.25, 0.3) is 0 Å². The van der Waals surface area contributed by atoms with Crippen LogP contribution in [0.4, 0.5) is 5.69 Å². The van der Waals surface area contributed by atoms with Crippen LogP contribution in [-0.2, 0) is 9.59 Å². The zero-order valence-corrected chi connectivity index (χ0v) is 39.4. The molecule has 12 nitrogen and oxygen atoms in total. The molecule has 7 rings (SSSR count). The summed E-state index contributed by atoms with van der Waals surface area (Å²) in [5, 5.41) is 6.12. The first-order chi connectivity index (χ1) is 28.1.